The number of hydrogen-bond donors (Lipinski definition) is 3. The number of aromatic nitrogens is 2. The third-order valence-electron chi connectivity index (χ3n) is 2.81. The second-order valence-corrected chi connectivity index (χ2v) is 7.06. The highest BCUT2D eigenvalue weighted by molar-refractivity contribution is 7.18. The number of nitrogens with one attached hydrogen (secondary N) is 1. The van der Waals surface area contributed by atoms with Crippen molar-refractivity contribution in [1.29, 1.82) is 0 Å². The molecule has 0 fully saturated rings. The molecule has 0 bridgehead atoms. The lowest BCUT2D eigenvalue weighted by atomic mass is 10.1. The van der Waals surface area contributed by atoms with Gasteiger partial charge in [0.2, 0.25) is 10.3 Å². The molecule has 2 rings (SSSR count). The zero-order valence-electron chi connectivity index (χ0n) is 13.2. The molecule has 8 heteroatoms. The number of esters is 1. The molecular weight excluding hydrogens is 316 g/mol. The topological polar surface area (TPSA) is 110 Å². The number of aromatic hydroxyl groups is 1. The molecular formula is C15H20N4O3S. The predicted octanol–water partition coefficient (Wildman–Crippen LogP) is 2.19. The Labute approximate surface area is 138 Å². The first kappa shape index (κ1) is 17.0. The number of phenolic OH excluding ortho intramolecular Hbond substituents is 1. The van der Waals surface area contributed by atoms with Crippen molar-refractivity contribution in [2.24, 2.45) is 0 Å². The summed E-state index contributed by atoms with van der Waals surface area (Å²) >= 11 is 1.16. The van der Waals surface area contributed by atoms with Crippen LogP contribution in [0.25, 0.3) is 0 Å². The molecule has 23 heavy (non-hydrogen) atoms. The number of hydrogen-bond acceptors (Lipinski definition) is 8. The normalized spacial score (nSPS) is 12.7. The van der Waals surface area contributed by atoms with Crippen LogP contribution in [-0.2, 0) is 16.0 Å². The van der Waals surface area contributed by atoms with Crippen molar-refractivity contribution in [3.8, 4) is 5.75 Å². The average molecular weight is 336 g/mol. The van der Waals surface area contributed by atoms with Gasteiger partial charge in [0.1, 0.15) is 17.4 Å². The van der Waals surface area contributed by atoms with Crippen LogP contribution in [0.1, 0.15) is 26.3 Å². The number of nitrogen functional groups attached to an aromatic ring is 1. The molecule has 2 aromatic rings. The summed E-state index contributed by atoms with van der Waals surface area (Å²) in [6.45, 7) is 5.43. The van der Waals surface area contributed by atoms with Gasteiger partial charge in [-0.2, -0.15) is 0 Å². The van der Waals surface area contributed by atoms with E-state index in [1.807, 2.05) is 20.8 Å². The summed E-state index contributed by atoms with van der Waals surface area (Å²) in [4.78, 5) is 12.4. The van der Waals surface area contributed by atoms with Gasteiger partial charge >= 0.3 is 5.97 Å². The highest BCUT2D eigenvalue weighted by atomic mass is 32.1. The molecule has 0 saturated heterocycles. The van der Waals surface area contributed by atoms with Crippen LogP contribution in [0.5, 0.6) is 5.75 Å². The highest BCUT2D eigenvalue weighted by Gasteiger charge is 2.26. The molecule has 0 radical (unpaired) electrons. The molecule has 1 aromatic carbocycles. The van der Waals surface area contributed by atoms with Crippen molar-refractivity contribution < 1.29 is 14.6 Å². The van der Waals surface area contributed by atoms with Crippen LogP contribution in [0.4, 0.5) is 10.3 Å². The number of ether oxygens (including phenoxy) is 1. The van der Waals surface area contributed by atoms with Gasteiger partial charge in [0.25, 0.3) is 0 Å². The number of nitrogens with two attached hydrogens (primary N) is 1. The molecule has 1 unspecified atom stereocenters. The van der Waals surface area contributed by atoms with Crippen LogP contribution in [0.2, 0.25) is 0 Å². The second-order valence-electron chi connectivity index (χ2n) is 6.05. The van der Waals surface area contributed by atoms with Crippen LogP contribution in [0.3, 0.4) is 0 Å². The first-order chi connectivity index (χ1) is 10.7. The Morgan fingerprint density at radius 2 is 2.00 bits per heavy atom. The van der Waals surface area contributed by atoms with Crippen molar-refractivity contribution in [2.45, 2.75) is 38.8 Å². The Morgan fingerprint density at radius 1 is 1.35 bits per heavy atom. The molecule has 0 aliphatic carbocycles. The lowest BCUT2D eigenvalue weighted by Crippen LogP contribution is -2.38. The standard InChI is InChI=1S/C15H20N4O3S/c1-15(2,3)22-12(21)11(17-14-19-18-13(16)23-14)8-9-4-6-10(20)7-5-9/h4-7,11,20H,8H2,1-3H3,(H2,16,18)(H,17,19). The summed E-state index contributed by atoms with van der Waals surface area (Å²) in [6, 6.07) is 6.02. The van der Waals surface area contributed by atoms with E-state index in [9.17, 15) is 9.90 Å². The maximum absolute atomic E-state index is 12.4. The fourth-order valence-corrected chi connectivity index (χ4v) is 2.44. The van der Waals surface area contributed by atoms with Crippen LogP contribution in [0.15, 0.2) is 24.3 Å². The van der Waals surface area contributed by atoms with Gasteiger partial charge in [-0.05, 0) is 38.5 Å². The summed E-state index contributed by atoms with van der Waals surface area (Å²) in [5.74, 6) is -0.216. The molecule has 124 valence electrons. The monoisotopic (exact) mass is 336 g/mol. The van der Waals surface area contributed by atoms with E-state index in [1.165, 1.54) is 0 Å². The molecule has 0 aliphatic heterocycles. The van der Waals surface area contributed by atoms with Gasteiger partial charge in [0.15, 0.2) is 0 Å². The van der Waals surface area contributed by atoms with E-state index < -0.39 is 11.6 Å². The van der Waals surface area contributed by atoms with Gasteiger partial charge in [-0.3, -0.25) is 0 Å². The van der Waals surface area contributed by atoms with Crippen LogP contribution >= 0.6 is 11.3 Å². The predicted molar refractivity (Wildman–Crippen MR) is 89.4 cm³/mol. The first-order valence-corrected chi connectivity index (χ1v) is 7.91. The highest BCUT2D eigenvalue weighted by Crippen LogP contribution is 2.21. The number of anilines is 2. The van der Waals surface area contributed by atoms with Gasteiger partial charge in [-0.25, -0.2) is 4.79 Å². The Hall–Kier alpha value is -2.35. The summed E-state index contributed by atoms with van der Waals surface area (Å²) in [6.07, 6.45) is 0.384. The number of nitrogens with zero attached hydrogens (tertiary/aromatic N) is 2. The second kappa shape index (κ2) is 6.82. The maximum Gasteiger partial charge on any atom is 0.329 e. The van der Waals surface area contributed by atoms with Gasteiger partial charge in [0.05, 0.1) is 0 Å². The smallest absolute Gasteiger partial charge is 0.329 e. The molecule has 0 saturated carbocycles. The van der Waals surface area contributed by atoms with E-state index in [0.29, 0.717) is 16.7 Å². The van der Waals surface area contributed by atoms with Crippen LogP contribution in [-0.4, -0.2) is 32.9 Å². The number of phenols is 1. The van der Waals surface area contributed by atoms with Crippen LogP contribution in [0, 0.1) is 0 Å². The maximum atomic E-state index is 12.4. The Bertz CT molecular complexity index is 664. The van der Waals surface area contributed by atoms with Crippen molar-refractivity contribution in [1.82, 2.24) is 10.2 Å². The van der Waals surface area contributed by atoms with Gasteiger partial charge in [-0.15, -0.1) is 10.2 Å². The fourth-order valence-electron chi connectivity index (χ4n) is 1.88. The minimum Gasteiger partial charge on any atom is -0.508 e. The minimum atomic E-state index is -0.633. The van der Waals surface area contributed by atoms with Crippen molar-refractivity contribution >= 4 is 27.6 Å². The fraction of sp³-hybridized carbons (Fsp3) is 0.400. The molecule has 1 aromatic heterocycles. The van der Waals surface area contributed by atoms with Crippen molar-refractivity contribution in [2.75, 3.05) is 11.1 Å². The minimum absolute atomic E-state index is 0.174. The lowest BCUT2D eigenvalue weighted by Gasteiger charge is -2.24. The zero-order valence-corrected chi connectivity index (χ0v) is 14.1. The molecule has 0 aliphatic rings. The molecule has 1 atom stereocenters. The van der Waals surface area contributed by atoms with Gasteiger partial charge in [-0.1, -0.05) is 23.5 Å². The number of benzene rings is 1. The van der Waals surface area contributed by atoms with E-state index >= 15 is 0 Å². The zero-order chi connectivity index (χ0) is 17.0. The van der Waals surface area contributed by atoms with Crippen LogP contribution < -0.4 is 11.1 Å². The molecule has 4 N–H and O–H groups in total. The first-order valence-electron chi connectivity index (χ1n) is 7.09. The number of carbonyl (C=O) groups excluding carboxylic acids is 1. The van der Waals surface area contributed by atoms with E-state index in [1.54, 1.807) is 24.3 Å². The summed E-state index contributed by atoms with van der Waals surface area (Å²) < 4.78 is 5.45. The largest absolute Gasteiger partial charge is 0.508 e. The Morgan fingerprint density at radius 3 is 2.52 bits per heavy atom. The van der Waals surface area contributed by atoms with Gasteiger partial charge < -0.3 is 20.9 Å². The lowest BCUT2D eigenvalue weighted by molar-refractivity contribution is -0.155. The third-order valence-corrected chi connectivity index (χ3v) is 3.49. The average Bonchev–Trinajstić information content (AvgIpc) is 2.84. The van der Waals surface area contributed by atoms with E-state index in [2.05, 4.69) is 15.5 Å². The third kappa shape index (κ3) is 5.41. The Kier molecular flexibility index (Phi) is 5.05. The molecule has 0 spiro atoms. The van der Waals surface area contributed by atoms with E-state index in [0.717, 1.165) is 16.9 Å². The number of carbonyl (C=O) groups is 1. The van der Waals surface area contributed by atoms with Crippen molar-refractivity contribution in [3.63, 3.8) is 0 Å². The molecule has 7 nitrogen and oxygen atoms in total. The summed E-state index contributed by atoms with van der Waals surface area (Å²) in [5, 5.41) is 20.7. The van der Waals surface area contributed by atoms with Crippen molar-refractivity contribution in [3.05, 3.63) is 29.8 Å². The Balaban J connectivity index is 2.16. The van der Waals surface area contributed by atoms with E-state index in [4.69, 9.17) is 10.5 Å². The molecule has 1 heterocycles. The quantitative estimate of drug-likeness (QED) is 0.718. The van der Waals surface area contributed by atoms with Gasteiger partial charge in [0, 0.05) is 6.42 Å². The summed E-state index contributed by atoms with van der Waals surface area (Å²) in [7, 11) is 0. The number of rotatable bonds is 5. The SMILES string of the molecule is CC(C)(C)OC(=O)C(Cc1ccc(O)cc1)Nc1nnc(N)s1. The van der Waals surface area contributed by atoms with E-state index in [-0.39, 0.29) is 11.7 Å². The molecule has 0 amide bonds. The summed E-state index contributed by atoms with van der Waals surface area (Å²) in [5.41, 5.74) is 5.85.